The molecule has 14 heavy (non-hydrogen) atoms. The summed E-state index contributed by atoms with van der Waals surface area (Å²) in [6.07, 6.45) is 5.43. The monoisotopic (exact) mass is 201 g/mol. The van der Waals surface area contributed by atoms with Crippen LogP contribution in [0.3, 0.4) is 0 Å². The van der Waals surface area contributed by atoms with E-state index in [1.54, 1.807) is 7.11 Å². The molecule has 0 amide bonds. The summed E-state index contributed by atoms with van der Waals surface area (Å²) in [5.74, 6) is 0. The first kappa shape index (κ1) is 12.0. The molecule has 84 valence electrons. The van der Waals surface area contributed by atoms with Gasteiger partial charge in [0.05, 0.1) is 12.7 Å². The molecule has 0 aliphatic heterocycles. The van der Waals surface area contributed by atoms with Crippen molar-refractivity contribution in [3.05, 3.63) is 0 Å². The van der Waals surface area contributed by atoms with Crippen molar-refractivity contribution in [1.29, 1.82) is 0 Å². The highest BCUT2D eigenvalue weighted by Crippen LogP contribution is 2.21. The Bertz CT molecular complexity index is 152. The Hall–Kier alpha value is -0.120. The molecule has 3 heteroatoms. The van der Waals surface area contributed by atoms with Gasteiger partial charge in [0.15, 0.2) is 0 Å². The summed E-state index contributed by atoms with van der Waals surface area (Å²) in [7, 11) is 3.55. The molecule has 0 spiro atoms. The summed E-state index contributed by atoms with van der Waals surface area (Å²) in [5.41, 5.74) is 0. The van der Waals surface area contributed by atoms with Crippen LogP contribution in [0.4, 0.5) is 0 Å². The number of ether oxygens (including phenoxy) is 2. The third-order valence-corrected chi connectivity index (χ3v) is 2.92. The molecule has 3 atom stereocenters. The van der Waals surface area contributed by atoms with E-state index >= 15 is 0 Å². The van der Waals surface area contributed by atoms with Crippen molar-refractivity contribution < 1.29 is 9.47 Å². The van der Waals surface area contributed by atoms with Crippen molar-refractivity contribution in [3.8, 4) is 0 Å². The van der Waals surface area contributed by atoms with Gasteiger partial charge in [-0.15, -0.1) is 0 Å². The first-order valence-electron chi connectivity index (χ1n) is 5.55. The number of rotatable bonds is 5. The summed E-state index contributed by atoms with van der Waals surface area (Å²) >= 11 is 0. The van der Waals surface area contributed by atoms with Gasteiger partial charge in [0.25, 0.3) is 0 Å². The van der Waals surface area contributed by atoms with E-state index in [1.165, 1.54) is 25.7 Å². The van der Waals surface area contributed by atoms with Gasteiger partial charge in [-0.3, -0.25) is 0 Å². The maximum atomic E-state index is 5.48. The maximum absolute atomic E-state index is 5.48. The molecule has 1 saturated carbocycles. The SMILES string of the molecule is COC[C@H](C)N[C@H]1CCCC[C@H]1OC. The summed E-state index contributed by atoms with van der Waals surface area (Å²) in [4.78, 5) is 0. The van der Waals surface area contributed by atoms with E-state index in [0.29, 0.717) is 18.2 Å². The summed E-state index contributed by atoms with van der Waals surface area (Å²) in [6.45, 7) is 2.93. The van der Waals surface area contributed by atoms with Gasteiger partial charge in [0, 0.05) is 26.3 Å². The van der Waals surface area contributed by atoms with Gasteiger partial charge in [-0.1, -0.05) is 12.8 Å². The molecule has 1 aliphatic carbocycles. The average molecular weight is 201 g/mol. The molecule has 0 radical (unpaired) electrons. The Kier molecular flexibility index (Phi) is 5.45. The third-order valence-electron chi connectivity index (χ3n) is 2.92. The van der Waals surface area contributed by atoms with E-state index in [2.05, 4.69) is 12.2 Å². The van der Waals surface area contributed by atoms with Crippen LogP contribution in [0, 0.1) is 0 Å². The molecule has 1 rings (SSSR count). The maximum Gasteiger partial charge on any atom is 0.0724 e. The van der Waals surface area contributed by atoms with Crippen molar-refractivity contribution in [2.24, 2.45) is 0 Å². The second kappa shape index (κ2) is 6.38. The highest BCUT2D eigenvalue weighted by atomic mass is 16.5. The fraction of sp³-hybridized carbons (Fsp3) is 1.00. The number of methoxy groups -OCH3 is 2. The lowest BCUT2D eigenvalue weighted by atomic mass is 9.92. The van der Waals surface area contributed by atoms with Crippen molar-refractivity contribution in [2.45, 2.75) is 50.8 Å². The van der Waals surface area contributed by atoms with Crippen LogP contribution in [-0.4, -0.2) is 39.0 Å². The minimum absolute atomic E-state index is 0.392. The molecule has 1 aliphatic rings. The van der Waals surface area contributed by atoms with Gasteiger partial charge < -0.3 is 14.8 Å². The van der Waals surface area contributed by atoms with Crippen molar-refractivity contribution in [1.82, 2.24) is 5.32 Å². The van der Waals surface area contributed by atoms with E-state index in [9.17, 15) is 0 Å². The molecular formula is C11H23NO2. The molecule has 0 heterocycles. The quantitative estimate of drug-likeness (QED) is 0.732. The normalized spacial score (nSPS) is 30.2. The molecule has 1 N–H and O–H groups in total. The van der Waals surface area contributed by atoms with Crippen LogP contribution in [0.15, 0.2) is 0 Å². The van der Waals surface area contributed by atoms with Gasteiger partial charge >= 0.3 is 0 Å². The van der Waals surface area contributed by atoms with Crippen LogP contribution in [0.2, 0.25) is 0 Å². The highest BCUT2D eigenvalue weighted by Gasteiger charge is 2.25. The lowest BCUT2D eigenvalue weighted by Crippen LogP contribution is -2.48. The van der Waals surface area contributed by atoms with Crippen LogP contribution < -0.4 is 5.32 Å². The second-order valence-electron chi connectivity index (χ2n) is 4.19. The molecule has 1 fully saturated rings. The van der Waals surface area contributed by atoms with Crippen LogP contribution in [0.5, 0.6) is 0 Å². The van der Waals surface area contributed by atoms with Gasteiger partial charge in [-0.25, -0.2) is 0 Å². The minimum atomic E-state index is 0.392. The lowest BCUT2D eigenvalue weighted by Gasteiger charge is -2.33. The van der Waals surface area contributed by atoms with E-state index in [-0.39, 0.29) is 0 Å². The van der Waals surface area contributed by atoms with Gasteiger partial charge in [0.2, 0.25) is 0 Å². The predicted molar refractivity (Wildman–Crippen MR) is 57.5 cm³/mol. The van der Waals surface area contributed by atoms with Gasteiger partial charge in [-0.2, -0.15) is 0 Å². The fourth-order valence-electron chi connectivity index (χ4n) is 2.23. The standard InChI is InChI=1S/C11H23NO2/c1-9(8-13-2)12-10-6-4-5-7-11(10)14-3/h9-12H,4-8H2,1-3H3/t9-,10-,11+/m0/s1. The molecule has 0 aromatic heterocycles. The van der Waals surface area contributed by atoms with Gasteiger partial charge in [-0.05, 0) is 19.8 Å². The Morgan fingerprint density at radius 1 is 1.29 bits per heavy atom. The van der Waals surface area contributed by atoms with E-state index in [0.717, 1.165) is 6.61 Å². The highest BCUT2D eigenvalue weighted by molar-refractivity contribution is 4.83. The van der Waals surface area contributed by atoms with Crippen LogP contribution in [0.1, 0.15) is 32.6 Å². The third kappa shape index (κ3) is 3.56. The van der Waals surface area contributed by atoms with Crippen molar-refractivity contribution >= 4 is 0 Å². The Morgan fingerprint density at radius 2 is 2.00 bits per heavy atom. The lowest BCUT2D eigenvalue weighted by molar-refractivity contribution is 0.0336. The van der Waals surface area contributed by atoms with Crippen LogP contribution >= 0.6 is 0 Å². The Labute approximate surface area is 87.2 Å². The molecule has 0 saturated heterocycles. The minimum Gasteiger partial charge on any atom is -0.383 e. The van der Waals surface area contributed by atoms with E-state index < -0.39 is 0 Å². The summed E-state index contributed by atoms with van der Waals surface area (Å²) < 4.78 is 10.6. The topological polar surface area (TPSA) is 30.5 Å². The average Bonchev–Trinajstić information content (AvgIpc) is 2.19. The van der Waals surface area contributed by atoms with Crippen molar-refractivity contribution in [2.75, 3.05) is 20.8 Å². The first-order chi connectivity index (χ1) is 6.77. The van der Waals surface area contributed by atoms with Crippen molar-refractivity contribution in [3.63, 3.8) is 0 Å². The number of nitrogens with one attached hydrogen (secondary N) is 1. The largest absolute Gasteiger partial charge is 0.383 e. The molecule has 0 aromatic rings. The molecule has 0 aromatic carbocycles. The second-order valence-corrected chi connectivity index (χ2v) is 4.19. The Morgan fingerprint density at radius 3 is 2.64 bits per heavy atom. The first-order valence-corrected chi connectivity index (χ1v) is 5.55. The molecule has 0 unspecified atom stereocenters. The van der Waals surface area contributed by atoms with E-state index in [1.807, 2.05) is 7.11 Å². The van der Waals surface area contributed by atoms with E-state index in [4.69, 9.17) is 9.47 Å². The summed E-state index contributed by atoms with van der Waals surface area (Å²) in [5, 5.41) is 3.57. The number of hydrogen-bond acceptors (Lipinski definition) is 3. The predicted octanol–water partition coefficient (Wildman–Crippen LogP) is 1.57. The summed E-state index contributed by atoms with van der Waals surface area (Å²) in [6, 6.07) is 0.930. The Balaban J connectivity index is 2.32. The smallest absolute Gasteiger partial charge is 0.0724 e. The number of hydrogen-bond donors (Lipinski definition) is 1. The zero-order valence-electron chi connectivity index (χ0n) is 9.58. The molecule has 3 nitrogen and oxygen atoms in total. The molecular weight excluding hydrogens is 178 g/mol. The molecule has 0 bridgehead atoms. The van der Waals surface area contributed by atoms with Gasteiger partial charge in [0.1, 0.15) is 0 Å². The zero-order valence-corrected chi connectivity index (χ0v) is 9.58. The zero-order chi connectivity index (χ0) is 10.4. The van der Waals surface area contributed by atoms with Crippen LogP contribution in [-0.2, 0) is 9.47 Å². The van der Waals surface area contributed by atoms with Crippen LogP contribution in [0.25, 0.3) is 0 Å². The fourth-order valence-corrected chi connectivity index (χ4v) is 2.23.